The van der Waals surface area contributed by atoms with Crippen LogP contribution in [0.25, 0.3) is 38.1 Å². The summed E-state index contributed by atoms with van der Waals surface area (Å²) in [5, 5.41) is 5.75. The van der Waals surface area contributed by atoms with E-state index in [0.29, 0.717) is 39.0 Å². The van der Waals surface area contributed by atoms with E-state index in [-0.39, 0.29) is 17.5 Å². The standard InChI is InChI=1S/C24H19N3O4/c1-30-18-10-9-14-19(22(18)31-2)24(29)27-17-6-4-3-5-13(17)15-11-16(26-20(14)21(15)27)23(28)25-12-7-8-12/h3-6,9-12H,7-8H2,1-2H3,(H,25,28). The van der Waals surface area contributed by atoms with Gasteiger partial charge < -0.3 is 14.8 Å². The number of para-hydroxylation sites is 1. The van der Waals surface area contributed by atoms with Crippen LogP contribution < -0.4 is 20.3 Å². The number of hydrogen-bond donors (Lipinski definition) is 1. The highest BCUT2D eigenvalue weighted by Gasteiger charge is 2.27. The molecular weight excluding hydrogens is 394 g/mol. The van der Waals surface area contributed by atoms with Gasteiger partial charge in [-0.15, -0.1) is 0 Å². The van der Waals surface area contributed by atoms with Crippen molar-refractivity contribution >= 4 is 44.0 Å². The van der Waals surface area contributed by atoms with Crippen LogP contribution in [0.2, 0.25) is 0 Å². The van der Waals surface area contributed by atoms with Crippen LogP contribution >= 0.6 is 0 Å². The molecule has 0 aliphatic heterocycles. The molecule has 3 aromatic heterocycles. The average Bonchev–Trinajstić information content (AvgIpc) is 3.55. The zero-order valence-corrected chi connectivity index (χ0v) is 17.1. The second kappa shape index (κ2) is 6.31. The summed E-state index contributed by atoms with van der Waals surface area (Å²) in [4.78, 5) is 31.3. The number of carbonyl (C=O) groups is 1. The second-order valence-corrected chi connectivity index (χ2v) is 7.88. The molecule has 1 aliphatic carbocycles. The molecule has 0 spiro atoms. The van der Waals surface area contributed by atoms with E-state index in [1.54, 1.807) is 22.6 Å². The third-order valence-electron chi connectivity index (χ3n) is 6.01. The molecule has 7 nitrogen and oxygen atoms in total. The molecule has 6 rings (SSSR count). The first-order chi connectivity index (χ1) is 15.1. The van der Waals surface area contributed by atoms with E-state index in [9.17, 15) is 9.59 Å². The normalized spacial score (nSPS) is 14.0. The van der Waals surface area contributed by atoms with Crippen molar-refractivity contribution < 1.29 is 14.3 Å². The van der Waals surface area contributed by atoms with Crippen molar-refractivity contribution in [3.05, 3.63) is 58.5 Å². The van der Waals surface area contributed by atoms with Crippen molar-refractivity contribution in [3.8, 4) is 11.5 Å². The highest BCUT2D eigenvalue weighted by molar-refractivity contribution is 6.21. The van der Waals surface area contributed by atoms with E-state index in [1.807, 2.05) is 24.3 Å². The summed E-state index contributed by atoms with van der Waals surface area (Å²) in [6.45, 7) is 0. The molecule has 3 heterocycles. The van der Waals surface area contributed by atoms with Gasteiger partial charge in [0.1, 0.15) is 5.69 Å². The van der Waals surface area contributed by atoms with Gasteiger partial charge in [-0.05, 0) is 37.1 Å². The van der Waals surface area contributed by atoms with Gasteiger partial charge in [0.05, 0.1) is 36.2 Å². The average molecular weight is 413 g/mol. The molecule has 2 aromatic carbocycles. The van der Waals surface area contributed by atoms with Gasteiger partial charge in [-0.3, -0.25) is 14.0 Å². The quantitative estimate of drug-likeness (QED) is 0.456. The number of rotatable bonds is 4. The van der Waals surface area contributed by atoms with Gasteiger partial charge in [-0.1, -0.05) is 18.2 Å². The summed E-state index contributed by atoms with van der Waals surface area (Å²) in [7, 11) is 3.05. The SMILES string of the molecule is COc1ccc2c(c1OC)c(=O)n1c3ccccc3c3cc(C(=O)NC4CC4)nc2c31. The molecule has 0 atom stereocenters. The molecule has 0 unspecified atom stereocenters. The van der Waals surface area contributed by atoms with Crippen LogP contribution in [0, 0.1) is 0 Å². The number of benzene rings is 2. The maximum atomic E-state index is 13.7. The maximum absolute atomic E-state index is 13.7. The Morgan fingerprint density at radius 2 is 1.87 bits per heavy atom. The minimum Gasteiger partial charge on any atom is -0.493 e. The Morgan fingerprint density at radius 1 is 1.06 bits per heavy atom. The van der Waals surface area contributed by atoms with E-state index in [0.717, 1.165) is 29.1 Å². The van der Waals surface area contributed by atoms with E-state index < -0.39 is 0 Å². The predicted octanol–water partition coefficient (Wildman–Crippen LogP) is 3.50. The van der Waals surface area contributed by atoms with Gasteiger partial charge in [0.15, 0.2) is 11.5 Å². The molecule has 0 radical (unpaired) electrons. The molecule has 1 amide bonds. The van der Waals surface area contributed by atoms with Gasteiger partial charge in [0, 0.05) is 22.2 Å². The van der Waals surface area contributed by atoms with Gasteiger partial charge in [0.2, 0.25) is 0 Å². The van der Waals surface area contributed by atoms with Crippen molar-refractivity contribution in [2.24, 2.45) is 0 Å². The zero-order chi connectivity index (χ0) is 21.3. The molecule has 31 heavy (non-hydrogen) atoms. The van der Waals surface area contributed by atoms with Crippen molar-refractivity contribution in [2.45, 2.75) is 18.9 Å². The lowest BCUT2D eigenvalue weighted by molar-refractivity contribution is 0.0946. The van der Waals surface area contributed by atoms with Crippen LogP contribution in [0.1, 0.15) is 23.3 Å². The summed E-state index contributed by atoms with van der Waals surface area (Å²) < 4.78 is 12.7. The van der Waals surface area contributed by atoms with E-state index in [1.165, 1.54) is 14.2 Å². The van der Waals surface area contributed by atoms with Gasteiger partial charge in [-0.2, -0.15) is 0 Å². The van der Waals surface area contributed by atoms with Crippen molar-refractivity contribution in [2.75, 3.05) is 14.2 Å². The smallest absolute Gasteiger partial charge is 0.270 e. The first-order valence-electron chi connectivity index (χ1n) is 10.2. The lowest BCUT2D eigenvalue weighted by Crippen LogP contribution is -2.26. The zero-order valence-electron chi connectivity index (χ0n) is 17.1. The fourth-order valence-electron chi connectivity index (χ4n) is 4.44. The first-order valence-corrected chi connectivity index (χ1v) is 10.2. The predicted molar refractivity (Wildman–Crippen MR) is 119 cm³/mol. The Hall–Kier alpha value is -3.87. The Kier molecular flexibility index (Phi) is 3.65. The van der Waals surface area contributed by atoms with Crippen LogP contribution in [-0.2, 0) is 0 Å². The van der Waals surface area contributed by atoms with Crippen LogP contribution in [0.4, 0.5) is 0 Å². The second-order valence-electron chi connectivity index (χ2n) is 7.88. The van der Waals surface area contributed by atoms with Crippen LogP contribution in [0.15, 0.2) is 47.3 Å². The van der Waals surface area contributed by atoms with Gasteiger partial charge in [0.25, 0.3) is 11.5 Å². The largest absolute Gasteiger partial charge is 0.493 e. The van der Waals surface area contributed by atoms with Crippen molar-refractivity contribution in [3.63, 3.8) is 0 Å². The number of nitrogens with zero attached hydrogens (tertiary/aromatic N) is 2. The molecular formula is C24H19N3O4. The van der Waals surface area contributed by atoms with E-state index in [4.69, 9.17) is 14.5 Å². The third kappa shape index (κ3) is 2.43. The summed E-state index contributed by atoms with van der Waals surface area (Å²) in [5.74, 6) is 0.626. The fourth-order valence-corrected chi connectivity index (χ4v) is 4.44. The summed E-state index contributed by atoms with van der Waals surface area (Å²) in [6, 6.07) is 13.3. The molecule has 5 aromatic rings. The number of pyridine rings is 2. The summed E-state index contributed by atoms with van der Waals surface area (Å²) in [5.41, 5.74) is 2.19. The molecule has 1 fully saturated rings. The maximum Gasteiger partial charge on any atom is 0.270 e. The van der Waals surface area contributed by atoms with Gasteiger partial charge in [-0.25, -0.2) is 4.98 Å². The Morgan fingerprint density at radius 3 is 2.61 bits per heavy atom. The van der Waals surface area contributed by atoms with Gasteiger partial charge >= 0.3 is 0 Å². The van der Waals surface area contributed by atoms with E-state index >= 15 is 0 Å². The fraction of sp³-hybridized carbons (Fsp3) is 0.208. The Balaban J connectivity index is 1.84. The minimum atomic E-state index is -0.207. The number of carbonyl (C=O) groups excluding carboxylic acids is 1. The summed E-state index contributed by atoms with van der Waals surface area (Å²) >= 11 is 0. The number of aromatic nitrogens is 2. The minimum absolute atomic E-state index is 0.198. The molecule has 0 saturated heterocycles. The molecule has 1 aliphatic rings. The number of fused-ring (bicyclic) bond motifs is 5. The number of amides is 1. The number of methoxy groups -OCH3 is 2. The monoisotopic (exact) mass is 413 g/mol. The van der Waals surface area contributed by atoms with Crippen molar-refractivity contribution in [1.29, 1.82) is 0 Å². The molecule has 0 bridgehead atoms. The Bertz CT molecular complexity index is 1580. The topological polar surface area (TPSA) is 81.9 Å². The van der Waals surface area contributed by atoms with Crippen LogP contribution in [0.5, 0.6) is 11.5 Å². The number of ether oxygens (including phenoxy) is 2. The summed E-state index contributed by atoms with van der Waals surface area (Å²) in [6.07, 6.45) is 1.99. The first kappa shape index (κ1) is 17.9. The molecule has 1 saturated carbocycles. The number of nitrogens with one attached hydrogen (secondary N) is 1. The lowest BCUT2D eigenvalue weighted by Gasteiger charge is -2.13. The van der Waals surface area contributed by atoms with Crippen LogP contribution in [-0.4, -0.2) is 35.6 Å². The highest BCUT2D eigenvalue weighted by atomic mass is 16.5. The van der Waals surface area contributed by atoms with Crippen molar-refractivity contribution in [1.82, 2.24) is 14.7 Å². The highest BCUT2D eigenvalue weighted by Crippen LogP contribution is 2.39. The lowest BCUT2D eigenvalue weighted by atomic mass is 10.1. The molecule has 7 heteroatoms. The number of hydrogen-bond acceptors (Lipinski definition) is 5. The van der Waals surface area contributed by atoms with Crippen LogP contribution in [0.3, 0.4) is 0 Å². The van der Waals surface area contributed by atoms with E-state index in [2.05, 4.69) is 5.32 Å². The molecule has 154 valence electrons. The third-order valence-corrected chi connectivity index (χ3v) is 6.01. The molecule has 1 N–H and O–H groups in total. The Labute approximate surface area is 176 Å².